The predicted molar refractivity (Wildman–Crippen MR) is 99.7 cm³/mol. The van der Waals surface area contributed by atoms with Crippen LogP contribution in [0.5, 0.6) is 0 Å². The Labute approximate surface area is 157 Å². The number of benzene rings is 2. The fraction of sp³-hybridized carbons (Fsp3) is 0.286. The zero-order valence-electron chi connectivity index (χ0n) is 15.0. The smallest absolute Gasteiger partial charge is 0.313 e. The Bertz CT molecular complexity index is 889. The molecule has 6 nitrogen and oxygen atoms in total. The number of amides is 2. The molecule has 0 saturated carbocycles. The van der Waals surface area contributed by atoms with Gasteiger partial charge in [-0.1, -0.05) is 30.3 Å². The normalized spacial score (nSPS) is 20.7. The van der Waals surface area contributed by atoms with Crippen molar-refractivity contribution in [1.82, 2.24) is 4.90 Å². The van der Waals surface area contributed by atoms with Crippen molar-refractivity contribution in [3.8, 4) is 0 Å². The summed E-state index contributed by atoms with van der Waals surface area (Å²) >= 11 is 0. The van der Waals surface area contributed by atoms with E-state index in [0.717, 1.165) is 16.2 Å². The van der Waals surface area contributed by atoms with Gasteiger partial charge in [0.1, 0.15) is 6.61 Å². The van der Waals surface area contributed by atoms with E-state index >= 15 is 0 Å². The van der Waals surface area contributed by atoms with E-state index in [1.54, 1.807) is 24.3 Å². The van der Waals surface area contributed by atoms with Gasteiger partial charge in [-0.15, -0.1) is 0 Å². The summed E-state index contributed by atoms with van der Waals surface area (Å²) in [5, 5.41) is 3.36. The fourth-order valence-corrected chi connectivity index (χ4v) is 3.74. The van der Waals surface area contributed by atoms with Gasteiger partial charge in [-0.25, -0.2) is 0 Å². The Morgan fingerprint density at radius 2 is 1.70 bits per heavy atom. The SMILES string of the molecule is C[C@H]1C[C@@H](C(=O)OCCN2C(=O)c3ccccc3C2=O)c2ccccc2N1. The fourth-order valence-electron chi connectivity index (χ4n) is 3.74. The molecule has 2 aliphatic heterocycles. The molecule has 0 radical (unpaired) electrons. The molecule has 2 aromatic carbocycles. The van der Waals surface area contributed by atoms with E-state index in [1.807, 2.05) is 31.2 Å². The molecule has 6 heteroatoms. The number of hydrogen-bond donors (Lipinski definition) is 1. The summed E-state index contributed by atoms with van der Waals surface area (Å²) in [6, 6.07) is 14.6. The number of rotatable bonds is 4. The Hall–Kier alpha value is -3.15. The number of carbonyl (C=O) groups is 3. The Balaban J connectivity index is 1.40. The molecule has 138 valence electrons. The molecule has 2 aromatic rings. The second kappa shape index (κ2) is 6.87. The highest BCUT2D eigenvalue weighted by Gasteiger charge is 2.35. The maximum atomic E-state index is 12.6. The van der Waals surface area contributed by atoms with Gasteiger partial charge in [-0.2, -0.15) is 0 Å². The first-order valence-electron chi connectivity index (χ1n) is 9.03. The van der Waals surface area contributed by atoms with Crippen LogP contribution in [-0.4, -0.2) is 41.9 Å². The van der Waals surface area contributed by atoms with Crippen LogP contribution in [0, 0.1) is 0 Å². The van der Waals surface area contributed by atoms with E-state index in [2.05, 4.69) is 5.32 Å². The first kappa shape index (κ1) is 17.3. The van der Waals surface area contributed by atoms with Gasteiger partial charge in [0.15, 0.2) is 0 Å². The summed E-state index contributed by atoms with van der Waals surface area (Å²) in [7, 11) is 0. The average molecular weight is 364 g/mol. The molecule has 0 bridgehead atoms. The second-order valence-corrected chi connectivity index (χ2v) is 6.90. The molecular formula is C21H20N2O4. The summed E-state index contributed by atoms with van der Waals surface area (Å²) in [4.78, 5) is 38.5. The Kier molecular flexibility index (Phi) is 4.39. The molecule has 0 unspecified atom stereocenters. The van der Waals surface area contributed by atoms with E-state index in [0.29, 0.717) is 17.5 Å². The van der Waals surface area contributed by atoms with Gasteiger partial charge in [0.2, 0.25) is 0 Å². The van der Waals surface area contributed by atoms with Crippen LogP contribution in [0.1, 0.15) is 45.5 Å². The van der Waals surface area contributed by atoms with Gasteiger partial charge in [-0.3, -0.25) is 19.3 Å². The lowest BCUT2D eigenvalue weighted by Gasteiger charge is -2.30. The summed E-state index contributed by atoms with van der Waals surface area (Å²) in [5.41, 5.74) is 2.66. The van der Waals surface area contributed by atoms with Gasteiger partial charge in [0.05, 0.1) is 23.6 Å². The van der Waals surface area contributed by atoms with Crippen molar-refractivity contribution >= 4 is 23.5 Å². The van der Waals surface area contributed by atoms with Crippen molar-refractivity contribution < 1.29 is 19.1 Å². The molecule has 0 spiro atoms. The predicted octanol–water partition coefficient (Wildman–Crippen LogP) is 2.81. The van der Waals surface area contributed by atoms with Crippen LogP contribution in [-0.2, 0) is 9.53 Å². The van der Waals surface area contributed by atoms with E-state index in [9.17, 15) is 14.4 Å². The van der Waals surface area contributed by atoms with Gasteiger partial charge in [0.25, 0.3) is 11.8 Å². The number of imide groups is 1. The lowest BCUT2D eigenvalue weighted by Crippen LogP contribution is -2.35. The molecule has 2 amide bonds. The van der Waals surface area contributed by atoms with Gasteiger partial charge < -0.3 is 10.1 Å². The van der Waals surface area contributed by atoms with Crippen LogP contribution in [0.25, 0.3) is 0 Å². The molecule has 27 heavy (non-hydrogen) atoms. The molecule has 0 aliphatic carbocycles. The highest BCUT2D eigenvalue weighted by Crippen LogP contribution is 2.34. The van der Waals surface area contributed by atoms with Crippen molar-refractivity contribution in [2.75, 3.05) is 18.5 Å². The molecule has 2 heterocycles. The van der Waals surface area contributed by atoms with Crippen LogP contribution >= 0.6 is 0 Å². The quantitative estimate of drug-likeness (QED) is 0.667. The van der Waals surface area contributed by atoms with Crippen molar-refractivity contribution in [3.63, 3.8) is 0 Å². The number of ether oxygens (including phenoxy) is 1. The third-order valence-corrected chi connectivity index (χ3v) is 5.05. The van der Waals surface area contributed by atoms with Gasteiger partial charge in [-0.05, 0) is 37.1 Å². The lowest BCUT2D eigenvalue weighted by molar-refractivity contribution is -0.146. The highest BCUT2D eigenvalue weighted by atomic mass is 16.5. The van der Waals surface area contributed by atoms with Crippen LogP contribution in [0.3, 0.4) is 0 Å². The molecular weight excluding hydrogens is 344 g/mol. The van der Waals surface area contributed by atoms with Gasteiger partial charge >= 0.3 is 5.97 Å². The molecule has 2 atom stereocenters. The third kappa shape index (κ3) is 3.07. The number of para-hydroxylation sites is 1. The summed E-state index contributed by atoms with van der Waals surface area (Å²) < 4.78 is 5.43. The third-order valence-electron chi connectivity index (χ3n) is 5.05. The molecule has 0 aromatic heterocycles. The maximum absolute atomic E-state index is 12.6. The minimum Gasteiger partial charge on any atom is -0.463 e. The van der Waals surface area contributed by atoms with E-state index < -0.39 is 0 Å². The molecule has 2 aliphatic rings. The van der Waals surface area contributed by atoms with Crippen molar-refractivity contribution in [3.05, 3.63) is 65.2 Å². The standard InChI is InChI=1S/C21H20N2O4/c1-13-12-17(14-6-4-5-9-18(14)22-13)21(26)27-11-10-23-19(24)15-7-2-3-8-16(15)20(23)25/h2-9,13,17,22H,10-12H2,1H3/t13-,17+/m0/s1. The number of hydrogen-bond acceptors (Lipinski definition) is 5. The topological polar surface area (TPSA) is 75.7 Å². The average Bonchev–Trinajstić information content (AvgIpc) is 2.92. The minimum atomic E-state index is -0.348. The first-order valence-corrected chi connectivity index (χ1v) is 9.03. The molecule has 0 fully saturated rings. The first-order chi connectivity index (χ1) is 13.1. The lowest BCUT2D eigenvalue weighted by atomic mass is 9.87. The number of nitrogens with one attached hydrogen (secondary N) is 1. The minimum absolute atomic E-state index is 0.00915. The van der Waals surface area contributed by atoms with Crippen molar-refractivity contribution in [2.24, 2.45) is 0 Å². The maximum Gasteiger partial charge on any atom is 0.313 e. The monoisotopic (exact) mass is 364 g/mol. The number of carbonyl (C=O) groups excluding carboxylic acids is 3. The summed E-state index contributed by atoms with van der Waals surface area (Å²) in [5.74, 6) is -1.35. The van der Waals surface area contributed by atoms with Crippen LogP contribution < -0.4 is 5.32 Å². The number of anilines is 1. The van der Waals surface area contributed by atoms with Crippen LogP contribution in [0.2, 0.25) is 0 Å². The summed E-state index contributed by atoms with van der Waals surface area (Å²) in [6.45, 7) is 2.07. The molecule has 4 rings (SSSR count). The second-order valence-electron chi connectivity index (χ2n) is 6.90. The van der Waals surface area contributed by atoms with E-state index in [-0.39, 0.29) is 42.9 Å². The highest BCUT2D eigenvalue weighted by molar-refractivity contribution is 6.21. The number of esters is 1. The molecule has 0 saturated heterocycles. The number of fused-ring (bicyclic) bond motifs is 2. The van der Waals surface area contributed by atoms with Crippen molar-refractivity contribution in [1.29, 1.82) is 0 Å². The Morgan fingerprint density at radius 3 is 2.41 bits per heavy atom. The zero-order valence-corrected chi connectivity index (χ0v) is 15.0. The van der Waals surface area contributed by atoms with Crippen LogP contribution in [0.4, 0.5) is 5.69 Å². The van der Waals surface area contributed by atoms with E-state index in [4.69, 9.17) is 4.74 Å². The van der Waals surface area contributed by atoms with Gasteiger partial charge in [0, 0.05) is 11.7 Å². The molecule has 1 N–H and O–H groups in total. The van der Waals surface area contributed by atoms with Crippen LogP contribution in [0.15, 0.2) is 48.5 Å². The van der Waals surface area contributed by atoms with Crippen molar-refractivity contribution in [2.45, 2.75) is 25.3 Å². The van der Waals surface area contributed by atoms with E-state index in [1.165, 1.54) is 0 Å². The largest absolute Gasteiger partial charge is 0.463 e. The Morgan fingerprint density at radius 1 is 1.07 bits per heavy atom. The summed E-state index contributed by atoms with van der Waals surface area (Å²) in [6.07, 6.45) is 0.642. The number of nitrogens with zero attached hydrogens (tertiary/aromatic N) is 1. The zero-order chi connectivity index (χ0) is 19.0.